The molecule has 0 N–H and O–H groups in total. The van der Waals surface area contributed by atoms with Crippen molar-refractivity contribution in [1.29, 1.82) is 0 Å². The highest BCUT2D eigenvalue weighted by atomic mass is 16.6. The van der Waals surface area contributed by atoms with Crippen LogP contribution >= 0.6 is 0 Å². The van der Waals surface area contributed by atoms with Crippen LogP contribution in [-0.2, 0) is 38.0 Å². The molecule has 0 spiro atoms. The average Bonchev–Trinajstić information content (AvgIpc) is 3.18. The van der Waals surface area contributed by atoms with Crippen LogP contribution in [0, 0.1) is 0 Å². The SMILES string of the molecule is CCCCCCCCCCCCCCCCCCOCCOCCOCCOCCOCCOCCOC(=O)CCCCCCCCCCCCCCC. The number of hydrogen-bond acceptors (Lipinski definition) is 8. The van der Waals surface area contributed by atoms with Crippen LogP contribution in [-0.4, -0.2) is 91.9 Å². The Bertz CT molecular complexity index is 679. The Morgan fingerprint density at radius 1 is 0.259 bits per heavy atom. The normalized spacial score (nSPS) is 11.5. The molecule has 0 amide bonds. The quantitative estimate of drug-likeness (QED) is 0.0447. The predicted octanol–water partition coefficient (Wildman–Crippen LogP) is 12.4. The predicted molar refractivity (Wildman–Crippen MR) is 226 cm³/mol. The van der Waals surface area contributed by atoms with E-state index in [1.54, 1.807) is 0 Å². The largest absolute Gasteiger partial charge is 0.463 e. The molecule has 0 aliphatic heterocycles. The second-order valence-electron chi connectivity index (χ2n) is 15.2. The van der Waals surface area contributed by atoms with E-state index in [2.05, 4.69) is 13.8 Å². The molecule has 0 aromatic rings. The summed E-state index contributed by atoms with van der Waals surface area (Å²) in [6.45, 7) is 11.6. The van der Waals surface area contributed by atoms with E-state index in [9.17, 15) is 4.79 Å². The molecule has 0 aromatic heterocycles. The molecule has 0 aromatic carbocycles. The second kappa shape index (κ2) is 50.2. The molecule has 0 saturated carbocycles. The van der Waals surface area contributed by atoms with E-state index in [-0.39, 0.29) is 5.97 Å². The van der Waals surface area contributed by atoms with Crippen molar-refractivity contribution < 1.29 is 38.0 Å². The Kier molecular flexibility index (Phi) is 49.5. The average molecular weight is 773 g/mol. The first-order valence-electron chi connectivity index (χ1n) is 23.4. The lowest BCUT2D eigenvalue weighted by Gasteiger charge is -2.08. The van der Waals surface area contributed by atoms with E-state index in [1.807, 2.05) is 0 Å². The number of unbranched alkanes of at least 4 members (excludes halogenated alkanes) is 27. The molecular weight excluding hydrogens is 680 g/mol. The van der Waals surface area contributed by atoms with E-state index in [4.69, 9.17) is 33.2 Å². The van der Waals surface area contributed by atoms with Crippen molar-refractivity contribution in [3.05, 3.63) is 0 Å². The van der Waals surface area contributed by atoms with Crippen LogP contribution in [0.25, 0.3) is 0 Å². The fourth-order valence-corrected chi connectivity index (χ4v) is 6.53. The van der Waals surface area contributed by atoms with E-state index < -0.39 is 0 Å². The Labute approximate surface area is 335 Å². The molecule has 8 heteroatoms. The van der Waals surface area contributed by atoms with E-state index in [0.29, 0.717) is 85.7 Å². The first-order chi connectivity index (χ1) is 26.8. The zero-order valence-electron chi connectivity index (χ0n) is 36.2. The zero-order chi connectivity index (χ0) is 38.9. The fraction of sp³-hybridized carbons (Fsp3) is 0.978. The van der Waals surface area contributed by atoms with Crippen molar-refractivity contribution >= 4 is 5.97 Å². The van der Waals surface area contributed by atoms with Crippen molar-refractivity contribution in [1.82, 2.24) is 0 Å². The highest BCUT2D eigenvalue weighted by Gasteiger charge is 2.03. The molecule has 0 radical (unpaired) electrons. The molecule has 0 saturated heterocycles. The minimum Gasteiger partial charge on any atom is -0.463 e. The van der Waals surface area contributed by atoms with Gasteiger partial charge in [0.25, 0.3) is 0 Å². The number of hydrogen-bond donors (Lipinski definition) is 0. The van der Waals surface area contributed by atoms with Gasteiger partial charge in [0.2, 0.25) is 0 Å². The Morgan fingerprint density at radius 2 is 0.481 bits per heavy atom. The summed E-state index contributed by atoms with van der Waals surface area (Å²) >= 11 is 0. The third-order valence-electron chi connectivity index (χ3n) is 9.98. The topological polar surface area (TPSA) is 81.7 Å². The standard InChI is InChI=1S/C46H92O8/c1-3-5-7-9-11-13-15-17-18-19-21-23-25-27-29-31-33-48-34-35-49-36-37-50-38-39-51-40-41-52-42-43-53-44-45-54-46(47)32-30-28-26-24-22-20-16-14-12-10-8-6-4-2/h3-45H2,1-2H3. The van der Waals surface area contributed by atoms with Gasteiger partial charge in [0.15, 0.2) is 0 Å². The summed E-state index contributed by atoms with van der Waals surface area (Å²) in [6.07, 6.45) is 39.7. The van der Waals surface area contributed by atoms with Crippen molar-refractivity contribution in [2.75, 3.05) is 85.9 Å². The molecule has 0 aliphatic carbocycles. The Balaban J connectivity index is 3.12. The summed E-state index contributed by atoms with van der Waals surface area (Å²) in [7, 11) is 0. The van der Waals surface area contributed by atoms with Crippen LogP contribution in [0.5, 0.6) is 0 Å². The van der Waals surface area contributed by atoms with Gasteiger partial charge in [0, 0.05) is 13.0 Å². The van der Waals surface area contributed by atoms with Crippen LogP contribution in [0.3, 0.4) is 0 Å². The number of rotatable bonds is 49. The molecule has 54 heavy (non-hydrogen) atoms. The van der Waals surface area contributed by atoms with E-state index in [1.165, 1.54) is 167 Å². The van der Waals surface area contributed by atoms with E-state index in [0.717, 1.165) is 25.9 Å². The van der Waals surface area contributed by atoms with E-state index >= 15 is 0 Å². The molecule has 0 aliphatic rings. The fourth-order valence-electron chi connectivity index (χ4n) is 6.53. The smallest absolute Gasteiger partial charge is 0.305 e. The lowest BCUT2D eigenvalue weighted by Crippen LogP contribution is -2.15. The van der Waals surface area contributed by atoms with Gasteiger partial charge in [-0.2, -0.15) is 0 Å². The van der Waals surface area contributed by atoms with Gasteiger partial charge in [-0.3, -0.25) is 4.79 Å². The van der Waals surface area contributed by atoms with Gasteiger partial charge in [0.1, 0.15) is 6.61 Å². The second-order valence-corrected chi connectivity index (χ2v) is 15.2. The molecular formula is C46H92O8. The highest BCUT2D eigenvalue weighted by Crippen LogP contribution is 2.15. The molecule has 0 heterocycles. The van der Waals surface area contributed by atoms with Gasteiger partial charge in [-0.1, -0.05) is 187 Å². The summed E-state index contributed by atoms with van der Waals surface area (Å²) in [5.41, 5.74) is 0. The highest BCUT2D eigenvalue weighted by molar-refractivity contribution is 5.69. The van der Waals surface area contributed by atoms with Crippen molar-refractivity contribution in [3.8, 4) is 0 Å². The van der Waals surface area contributed by atoms with Gasteiger partial charge in [-0.25, -0.2) is 0 Å². The minimum absolute atomic E-state index is 0.118. The summed E-state index contributed by atoms with van der Waals surface area (Å²) in [5.74, 6) is -0.118. The third kappa shape index (κ3) is 49.2. The maximum Gasteiger partial charge on any atom is 0.305 e. The van der Waals surface area contributed by atoms with Crippen LogP contribution in [0.1, 0.15) is 206 Å². The zero-order valence-corrected chi connectivity index (χ0v) is 36.2. The lowest BCUT2D eigenvalue weighted by molar-refractivity contribution is -0.145. The third-order valence-corrected chi connectivity index (χ3v) is 9.98. The molecule has 0 bridgehead atoms. The van der Waals surface area contributed by atoms with Crippen molar-refractivity contribution in [2.45, 2.75) is 206 Å². The monoisotopic (exact) mass is 773 g/mol. The Morgan fingerprint density at radius 3 is 0.778 bits per heavy atom. The number of esters is 1. The molecule has 0 fully saturated rings. The summed E-state index contributed by atoms with van der Waals surface area (Å²) < 4.78 is 38.7. The molecule has 324 valence electrons. The molecule has 0 atom stereocenters. The molecule has 0 unspecified atom stereocenters. The lowest BCUT2D eigenvalue weighted by atomic mass is 10.0. The Hall–Kier alpha value is -0.770. The van der Waals surface area contributed by atoms with Gasteiger partial charge in [-0.05, 0) is 12.8 Å². The van der Waals surface area contributed by atoms with Gasteiger partial charge in [-0.15, -0.1) is 0 Å². The summed E-state index contributed by atoms with van der Waals surface area (Å²) in [4.78, 5) is 11.9. The van der Waals surface area contributed by atoms with Crippen molar-refractivity contribution in [3.63, 3.8) is 0 Å². The number of carbonyl (C=O) groups is 1. The van der Waals surface area contributed by atoms with Gasteiger partial charge in [0.05, 0.1) is 72.7 Å². The minimum atomic E-state index is -0.118. The summed E-state index contributed by atoms with van der Waals surface area (Å²) in [6, 6.07) is 0. The molecule has 8 nitrogen and oxygen atoms in total. The summed E-state index contributed by atoms with van der Waals surface area (Å²) in [5, 5.41) is 0. The van der Waals surface area contributed by atoms with Crippen LogP contribution < -0.4 is 0 Å². The molecule has 0 rings (SSSR count). The van der Waals surface area contributed by atoms with Crippen LogP contribution in [0.15, 0.2) is 0 Å². The number of ether oxygens (including phenoxy) is 7. The first kappa shape index (κ1) is 53.2. The maximum atomic E-state index is 11.9. The number of carbonyl (C=O) groups excluding carboxylic acids is 1. The van der Waals surface area contributed by atoms with Gasteiger partial charge >= 0.3 is 5.97 Å². The van der Waals surface area contributed by atoms with Crippen LogP contribution in [0.4, 0.5) is 0 Å². The van der Waals surface area contributed by atoms with Gasteiger partial charge < -0.3 is 33.2 Å². The first-order valence-corrected chi connectivity index (χ1v) is 23.4. The van der Waals surface area contributed by atoms with Crippen LogP contribution in [0.2, 0.25) is 0 Å². The maximum absolute atomic E-state index is 11.9. The van der Waals surface area contributed by atoms with Crippen molar-refractivity contribution in [2.24, 2.45) is 0 Å².